The van der Waals surface area contributed by atoms with E-state index in [0.29, 0.717) is 25.3 Å². The monoisotopic (exact) mass is 397 g/mol. The summed E-state index contributed by atoms with van der Waals surface area (Å²) < 4.78 is 29.1. The number of nitrogens with zero attached hydrogens (tertiary/aromatic N) is 4. The Hall–Kier alpha value is -1.70. The Bertz CT molecular complexity index is 697. The largest absolute Gasteiger partial charge is 0.367 e. The summed E-state index contributed by atoms with van der Waals surface area (Å²) in [5.74, 6) is 0.946. The van der Waals surface area contributed by atoms with Gasteiger partial charge in [0.1, 0.15) is 11.9 Å². The lowest BCUT2D eigenvalue weighted by Gasteiger charge is -2.41. The van der Waals surface area contributed by atoms with Crippen molar-refractivity contribution in [3.05, 3.63) is 11.8 Å². The number of fused-ring (bicyclic) bond motifs is 1. The summed E-state index contributed by atoms with van der Waals surface area (Å²) in [6.45, 7) is 7.86. The van der Waals surface area contributed by atoms with Crippen LogP contribution < -0.4 is 5.32 Å². The van der Waals surface area contributed by atoms with E-state index in [9.17, 15) is 13.6 Å². The smallest absolute Gasteiger partial charge is 0.260 e. The summed E-state index contributed by atoms with van der Waals surface area (Å²) in [4.78, 5) is 16.2. The van der Waals surface area contributed by atoms with Crippen LogP contribution >= 0.6 is 0 Å². The van der Waals surface area contributed by atoms with Crippen molar-refractivity contribution in [1.82, 2.24) is 19.6 Å². The second-order valence-corrected chi connectivity index (χ2v) is 9.48. The standard InChI is InChI=1S/C20H33F2N5O/c1-20(2,3)16-10-17-23-14(9-15(19(21)22)27(17)24-16)13-7-6-8-26(11-13)18(28)12-25(4)5/h10,13-15,19,23H,6-9,11-12H2,1-5H3/t13?,14-,15+/m0/s1. The third-order valence-corrected chi connectivity index (χ3v) is 5.77. The van der Waals surface area contributed by atoms with Crippen LogP contribution in [0.3, 0.4) is 0 Å². The summed E-state index contributed by atoms with van der Waals surface area (Å²) in [7, 11) is 3.76. The molecule has 0 radical (unpaired) electrons. The van der Waals surface area contributed by atoms with E-state index < -0.39 is 12.5 Å². The number of aromatic nitrogens is 2. The van der Waals surface area contributed by atoms with E-state index in [4.69, 9.17) is 0 Å². The normalized spacial score (nSPS) is 25.8. The van der Waals surface area contributed by atoms with Crippen LogP contribution in [0.1, 0.15) is 51.8 Å². The highest BCUT2D eigenvalue weighted by Gasteiger charge is 2.39. The third-order valence-electron chi connectivity index (χ3n) is 5.77. The zero-order valence-corrected chi connectivity index (χ0v) is 17.6. The van der Waals surface area contributed by atoms with Gasteiger partial charge in [-0.25, -0.2) is 13.5 Å². The molecule has 6 nitrogen and oxygen atoms in total. The lowest BCUT2D eigenvalue weighted by Crippen LogP contribution is -2.49. The SMILES string of the molecule is CN(C)CC(=O)N1CCCC([C@@H]2C[C@H](C(F)F)n3nc(C(C)(C)C)cc3N2)C1. The summed E-state index contributed by atoms with van der Waals surface area (Å²) in [6.07, 6.45) is -0.282. The summed E-state index contributed by atoms with van der Waals surface area (Å²) in [6, 6.07) is 0.899. The van der Waals surface area contributed by atoms with Gasteiger partial charge in [0.05, 0.1) is 12.2 Å². The van der Waals surface area contributed by atoms with E-state index in [2.05, 4.69) is 10.4 Å². The highest BCUT2D eigenvalue weighted by atomic mass is 19.3. The number of piperidine rings is 1. The summed E-state index contributed by atoms with van der Waals surface area (Å²) in [5.41, 5.74) is 0.613. The number of alkyl halides is 2. The fourth-order valence-corrected chi connectivity index (χ4v) is 4.19. The van der Waals surface area contributed by atoms with Crippen molar-refractivity contribution in [3.8, 4) is 0 Å². The molecule has 3 atom stereocenters. The zero-order chi connectivity index (χ0) is 20.6. The predicted octanol–water partition coefficient (Wildman–Crippen LogP) is 2.97. The van der Waals surface area contributed by atoms with Crippen molar-refractivity contribution in [2.75, 3.05) is 39.0 Å². The second kappa shape index (κ2) is 7.97. The molecular weight excluding hydrogens is 364 g/mol. The number of carbonyl (C=O) groups excluding carboxylic acids is 1. The molecule has 2 aliphatic rings. The molecule has 0 aromatic carbocycles. The van der Waals surface area contributed by atoms with Gasteiger partial charge in [0.25, 0.3) is 6.43 Å². The summed E-state index contributed by atoms with van der Waals surface area (Å²) in [5, 5.41) is 7.95. The zero-order valence-electron chi connectivity index (χ0n) is 17.6. The number of nitrogens with one attached hydrogen (secondary N) is 1. The van der Waals surface area contributed by atoms with E-state index in [1.165, 1.54) is 4.68 Å². The first-order valence-corrected chi connectivity index (χ1v) is 10.1. The Morgan fingerprint density at radius 3 is 2.71 bits per heavy atom. The second-order valence-electron chi connectivity index (χ2n) is 9.48. The molecule has 1 aromatic heterocycles. The minimum Gasteiger partial charge on any atom is -0.367 e. The van der Waals surface area contributed by atoms with Crippen molar-refractivity contribution in [1.29, 1.82) is 0 Å². The van der Waals surface area contributed by atoms with Crippen LogP contribution in [0.4, 0.5) is 14.6 Å². The molecular formula is C20H33F2N5O. The van der Waals surface area contributed by atoms with E-state index in [0.717, 1.165) is 25.1 Å². The van der Waals surface area contributed by atoms with Crippen LogP contribution in [-0.4, -0.2) is 71.7 Å². The number of hydrogen-bond acceptors (Lipinski definition) is 4. The molecule has 0 bridgehead atoms. The molecule has 1 saturated heterocycles. The Morgan fingerprint density at radius 2 is 2.11 bits per heavy atom. The molecule has 8 heteroatoms. The number of rotatable bonds is 4. The maximum Gasteiger partial charge on any atom is 0.260 e. The molecule has 1 unspecified atom stereocenters. The van der Waals surface area contributed by atoms with E-state index in [-0.39, 0.29) is 23.3 Å². The van der Waals surface area contributed by atoms with E-state index >= 15 is 0 Å². The molecule has 0 aliphatic carbocycles. The number of halogens is 2. The number of amides is 1. The van der Waals surface area contributed by atoms with Gasteiger partial charge in [-0.3, -0.25) is 4.79 Å². The Morgan fingerprint density at radius 1 is 1.39 bits per heavy atom. The van der Waals surface area contributed by atoms with Gasteiger partial charge in [0, 0.05) is 30.6 Å². The fourth-order valence-electron chi connectivity index (χ4n) is 4.19. The first-order valence-electron chi connectivity index (χ1n) is 10.1. The van der Waals surface area contributed by atoms with Crippen molar-refractivity contribution in [2.45, 2.75) is 64.0 Å². The Kier molecular flexibility index (Phi) is 5.98. The van der Waals surface area contributed by atoms with Gasteiger partial charge in [-0.15, -0.1) is 0 Å². The molecule has 2 aliphatic heterocycles. The van der Waals surface area contributed by atoms with Gasteiger partial charge in [-0.2, -0.15) is 5.10 Å². The molecule has 158 valence electrons. The van der Waals surface area contributed by atoms with Gasteiger partial charge in [-0.1, -0.05) is 20.8 Å². The highest BCUT2D eigenvalue weighted by molar-refractivity contribution is 5.78. The fraction of sp³-hybridized carbons (Fsp3) is 0.800. The van der Waals surface area contributed by atoms with Crippen LogP contribution in [0.2, 0.25) is 0 Å². The van der Waals surface area contributed by atoms with Crippen LogP contribution in [0.5, 0.6) is 0 Å². The number of hydrogen-bond donors (Lipinski definition) is 1. The minimum absolute atomic E-state index is 0.0778. The molecule has 1 N–H and O–H groups in total. The topological polar surface area (TPSA) is 53.4 Å². The maximum absolute atomic E-state index is 13.8. The molecule has 1 aromatic rings. The van der Waals surface area contributed by atoms with Crippen molar-refractivity contribution >= 4 is 11.7 Å². The molecule has 28 heavy (non-hydrogen) atoms. The first kappa shape index (κ1) is 21.0. The molecule has 0 saturated carbocycles. The van der Waals surface area contributed by atoms with Gasteiger partial charge >= 0.3 is 0 Å². The first-order chi connectivity index (χ1) is 13.1. The summed E-state index contributed by atoms with van der Waals surface area (Å²) >= 11 is 0. The minimum atomic E-state index is -2.47. The highest BCUT2D eigenvalue weighted by Crippen LogP contribution is 2.38. The number of likely N-dealkylation sites (tertiary alicyclic amines) is 1. The molecule has 3 heterocycles. The quantitative estimate of drug-likeness (QED) is 0.849. The van der Waals surface area contributed by atoms with Gasteiger partial charge in [0.15, 0.2) is 0 Å². The van der Waals surface area contributed by atoms with Crippen LogP contribution in [-0.2, 0) is 10.2 Å². The molecule has 1 amide bonds. The van der Waals surface area contributed by atoms with Crippen molar-refractivity contribution < 1.29 is 13.6 Å². The van der Waals surface area contributed by atoms with E-state index in [1.807, 2.05) is 50.7 Å². The van der Waals surface area contributed by atoms with Gasteiger partial charge in [-0.05, 0) is 39.3 Å². The number of carbonyl (C=O) groups is 1. The predicted molar refractivity (Wildman–Crippen MR) is 106 cm³/mol. The lowest BCUT2D eigenvalue weighted by atomic mass is 9.86. The van der Waals surface area contributed by atoms with Crippen LogP contribution in [0.15, 0.2) is 6.07 Å². The number of likely N-dealkylation sites (N-methyl/N-ethyl adjacent to an activating group) is 1. The van der Waals surface area contributed by atoms with E-state index in [1.54, 1.807) is 0 Å². The lowest BCUT2D eigenvalue weighted by molar-refractivity contribution is -0.133. The Balaban J connectivity index is 1.78. The van der Waals surface area contributed by atoms with Gasteiger partial charge < -0.3 is 15.1 Å². The van der Waals surface area contributed by atoms with Gasteiger partial charge in [0.2, 0.25) is 5.91 Å². The molecule has 3 rings (SSSR count). The van der Waals surface area contributed by atoms with Crippen molar-refractivity contribution in [2.24, 2.45) is 5.92 Å². The molecule has 0 spiro atoms. The van der Waals surface area contributed by atoms with Crippen molar-refractivity contribution in [3.63, 3.8) is 0 Å². The third kappa shape index (κ3) is 4.47. The van der Waals surface area contributed by atoms with Crippen LogP contribution in [0, 0.1) is 5.92 Å². The number of anilines is 1. The average Bonchev–Trinajstić information content (AvgIpc) is 3.04. The van der Waals surface area contributed by atoms with Crippen LogP contribution in [0.25, 0.3) is 0 Å². The maximum atomic E-state index is 13.8. The Labute approximate surface area is 166 Å². The molecule has 1 fully saturated rings. The average molecular weight is 398 g/mol.